The van der Waals surface area contributed by atoms with E-state index in [0.717, 1.165) is 0 Å². The lowest BCUT2D eigenvalue weighted by molar-refractivity contribution is 0.0595. The third kappa shape index (κ3) is 2.36. The van der Waals surface area contributed by atoms with Crippen LogP contribution in [0, 0.1) is 0 Å². The van der Waals surface area contributed by atoms with Crippen LogP contribution in [0.4, 0.5) is 5.82 Å². The van der Waals surface area contributed by atoms with E-state index in [2.05, 4.69) is 16.3 Å². The molecule has 16 heavy (non-hydrogen) atoms. The highest BCUT2D eigenvalue weighted by Gasteiger charge is 2.20. The van der Waals surface area contributed by atoms with E-state index in [0.29, 0.717) is 23.8 Å². The summed E-state index contributed by atoms with van der Waals surface area (Å²) in [6, 6.07) is 0. The van der Waals surface area contributed by atoms with Gasteiger partial charge in [-0.05, 0) is 0 Å². The van der Waals surface area contributed by atoms with Gasteiger partial charge >= 0.3 is 5.97 Å². The second kappa shape index (κ2) is 5.03. The van der Waals surface area contributed by atoms with Gasteiger partial charge in [0.05, 0.1) is 13.7 Å². The van der Waals surface area contributed by atoms with Gasteiger partial charge in [-0.25, -0.2) is 9.78 Å². The molecule has 0 atom stereocenters. The Morgan fingerprint density at radius 3 is 2.75 bits per heavy atom. The van der Waals surface area contributed by atoms with Crippen LogP contribution < -0.4 is 5.73 Å². The van der Waals surface area contributed by atoms with Crippen molar-refractivity contribution in [2.24, 2.45) is 0 Å². The topological polar surface area (TPSA) is 70.1 Å². The Bertz CT molecular complexity index is 426. The first-order valence-corrected chi connectivity index (χ1v) is 5.15. The molecule has 6 heteroatoms. The molecule has 0 aliphatic heterocycles. The van der Waals surface area contributed by atoms with E-state index in [1.54, 1.807) is 4.57 Å². The summed E-state index contributed by atoms with van der Waals surface area (Å²) in [4.78, 5) is 15.5. The van der Waals surface area contributed by atoms with E-state index < -0.39 is 5.97 Å². The second-order valence-corrected chi connectivity index (χ2v) is 3.74. The fraction of sp³-hybridized carbons (Fsp3) is 0.400. The summed E-state index contributed by atoms with van der Waals surface area (Å²) < 4.78 is 6.24. The maximum absolute atomic E-state index is 11.4. The predicted molar refractivity (Wildman–Crippen MR) is 62.3 cm³/mol. The molecular weight excluding hydrogens is 230 g/mol. The third-order valence-electron chi connectivity index (χ3n) is 2.11. The highest BCUT2D eigenvalue weighted by Crippen LogP contribution is 2.18. The molecule has 1 heterocycles. The number of carbonyl (C=O) groups is 1. The zero-order valence-electron chi connectivity index (χ0n) is 9.29. The molecule has 1 aromatic rings. The molecule has 0 aliphatic rings. The molecule has 5 nitrogen and oxygen atoms in total. The molecule has 1 aromatic heterocycles. The number of aromatic nitrogens is 2. The molecular formula is C10H14ClN3O2. The van der Waals surface area contributed by atoms with Crippen molar-refractivity contribution in [3.63, 3.8) is 0 Å². The summed E-state index contributed by atoms with van der Waals surface area (Å²) in [6.07, 6.45) is 0.644. The van der Waals surface area contributed by atoms with Crippen LogP contribution in [0.15, 0.2) is 11.6 Å². The van der Waals surface area contributed by atoms with E-state index in [4.69, 9.17) is 17.3 Å². The maximum Gasteiger partial charge on any atom is 0.360 e. The van der Waals surface area contributed by atoms with Crippen molar-refractivity contribution in [3.05, 3.63) is 23.1 Å². The Kier molecular flexibility index (Phi) is 3.95. The van der Waals surface area contributed by atoms with Crippen molar-refractivity contribution in [1.29, 1.82) is 0 Å². The Morgan fingerprint density at radius 1 is 1.69 bits per heavy atom. The van der Waals surface area contributed by atoms with Crippen LogP contribution in [-0.4, -0.2) is 22.6 Å². The first kappa shape index (κ1) is 12.6. The molecule has 0 spiro atoms. The zero-order chi connectivity index (χ0) is 12.3. The summed E-state index contributed by atoms with van der Waals surface area (Å²) in [5.74, 6) is 0.385. The van der Waals surface area contributed by atoms with Gasteiger partial charge in [-0.3, -0.25) is 0 Å². The van der Waals surface area contributed by atoms with Crippen LogP contribution in [0.3, 0.4) is 0 Å². The largest absolute Gasteiger partial charge is 0.464 e. The number of anilines is 1. The zero-order valence-corrected chi connectivity index (χ0v) is 10.0. The van der Waals surface area contributed by atoms with Crippen LogP contribution in [0.2, 0.25) is 0 Å². The molecule has 0 radical (unpaired) electrons. The molecule has 0 amide bonds. The number of nitrogen functional groups attached to an aromatic ring is 1. The number of halogens is 1. The van der Waals surface area contributed by atoms with Crippen molar-refractivity contribution in [2.45, 2.75) is 19.9 Å². The van der Waals surface area contributed by atoms with Gasteiger partial charge in [-0.2, -0.15) is 0 Å². The van der Waals surface area contributed by atoms with Gasteiger partial charge in [0, 0.05) is 11.5 Å². The quantitative estimate of drug-likeness (QED) is 0.815. The van der Waals surface area contributed by atoms with E-state index in [1.807, 2.05) is 6.92 Å². The van der Waals surface area contributed by atoms with Gasteiger partial charge in [-0.15, -0.1) is 0 Å². The van der Waals surface area contributed by atoms with Gasteiger partial charge in [0.1, 0.15) is 11.6 Å². The summed E-state index contributed by atoms with van der Waals surface area (Å²) in [7, 11) is 1.28. The predicted octanol–water partition coefficient (Wildman–Crippen LogP) is 1.57. The number of ether oxygens (including phenoxy) is 1. The average Bonchev–Trinajstić information content (AvgIpc) is 2.55. The van der Waals surface area contributed by atoms with Crippen molar-refractivity contribution in [3.8, 4) is 0 Å². The molecule has 0 fully saturated rings. The van der Waals surface area contributed by atoms with Crippen LogP contribution in [0.1, 0.15) is 23.2 Å². The number of nitrogens with zero attached hydrogens (tertiary/aromatic N) is 2. The molecule has 0 saturated heterocycles. The van der Waals surface area contributed by atoms with E-state index in [9.17, 15) is 4.79 Å². The number of aryl methyl sites for hydroxylation is 1. The molecule has 88 valence electrons. The van der Waals surface area contributed by atoms with Gasteiger partial charge < -0.3 is 15.0 Å². The van der Waals surface area contributed by atoms with Gasteiger partial charge in [0.2, 0.25) is 0 Å². The van der Waals surface area contributed by atoms with Crippen LogP contribution in [-0.2, 0) is 17.7 Å². The normalized spacial score (nSPS) is 10.2. The standard InChI is InChI=1S/C10H14ClN3O2/c1-4-7-13-8(10(15)16-3)9(12)14(7)5-6(2)11/h2,4-5,12H2,1,3H3. The Morgan fingerprint density at radius 2 is 2.31 bits per heavy atom. The molecule has 0 saturated carbocycles. The highest BCUT2D eigenvalue weighted by atomic mass is 35.5. The molecule has 0 aliphatic carbocycles. The van der Waals surface area contributed by atoms with Crippen LogP contribution >= 0.6 is 11.6 Å². The van der Waals surface area contributed by atoms with Crippen molar-refractivity contribution in [1.82, 2.24) is 9.55 Å². The molecule has 1 rings (SSSR count). The molecule has 0 aromatic carbocycles. The van der Waals surface area contributed by atoms with Gasteiger partial charge in [0.25, 0.3) is 0 Å². The Balaban J connectivity index is 3.20. The molecule has 2 N–H and O–H groups in total. The summed E-state index contributed by atoms with van der Waals surface area (Å²) >= 11 is 5.72. The van der Waals surface area contributed by atoms with Gasteiger partial charge in [-0.1, -0.05) is 25.1 Å². The Hall–Kier alpha value is -1.49. The minimum atomic E-state index is -0.550. The molecule has 0 unspecified atom stereocenters. The highest BCUT2D eigenvalue weighted by molar-refractivity contribution is 6.29. The monoisotopic (exact) mass is 243 g/mol. The SMILES string of the molecule is C=C(Cl)Cn1c(CC)nc(C(=O)OC)c1N. The first-order chi connectivity index (χ1) is 7.51. The lowest BCUT2D eigenvalue weighted by atomic mass is 10.4. The number of allylic oxidation sites excluding steroid dienone is 1. The van der Waals surface area contributed by atoms with E-state index in [1.165, 1.54) is 7.11 Å². The Labute approximate surface area is 98.9 Å². The fourth-order valence-corrected chi connectivity index (χ4v) is 1.50. The number of nitrogens with two attached hydrogens (primary N) is 1. The lowest BCUT2D eigenvalue weighted by Crippen LogP contribution is -2.09. The minimum Gasteiger partial charge on any atom is -0.464 e. The summed E-state index contributed by atoms with van der Waals surface area (Å²) in [5, 5.41) is 0.426. The van der Waals surface area contributed by atoms with Crippen molar-refractivity contribution >= 4 is 23.4 Å². The summed E-state index contributed by atoms with van der Waals surface area (Å²) in [6.45, 7) is 5.83. The number of esters is 1. The van der Waals surface area contributed by atoms with Crippen molar-refractivity contribution < 1.29 is 9.53 Å². The number of carbonyl (C=O) groups excluding carboxylic acids is 1. The van der Waals surface area contributed by atoms with Crippen LogP contribution in [0.25, 0.3) is 0 Å². The number of rotatable bonds is 4. The third-order valence-corrected chi connectivity index (χ3v) is 2.23. The minimum absolute atomic E-state index is 0.122. The van der Waals surface area contributed by atoms with E-state index >= 15 is 0 Å². The smallest absolute Gasteiger partial charge is 0.360 e. The number of hydrogen-bond acceptors (Lipinski definition) is 4. The van der Waals surface area contributed by atoms with Crippen LogP contribution in [0.5, 0.6) is 0 Å². The number of imidazole rings is 1. The van der Waals surface area contributed by atoms with E-state index in [-0.39, 0.29) is 11.5 Å². The fourth-order valence-electron chi connectivity index (χ4n) is 1.38. The van der Waals surface area contributed by atoms with Gasteiger partial charge in [0.15, 0.2) is 5.69 Å². The van der Waals surface area contributed by atoms with Crippen molar-refractivity contribution in [2.75, 3.05) is 12.8 Å². The summed E-state index contributed by atoms with van der Waals surface area (Å²) in [5.41, 5.74) is 5.93. The lowest BCUT2D eigenvalue weighted by Gasteiger charge is -2.06. The first-order valence-electron chi connectivity index (χ1n) is 4.77. The maximum atomic E-state index is 11.4. The number of methoxy groups -OCH3 is 1. The molecule has 0 bridgehead atoms. The second-order valence-electron chi connectivity index (χ2n) is 3.21. The average molecular weight is 244 g/mol. The number of hydrogen-bond donors (Lipinski definition) is 1.